The van der Waals surface area contributed by atoms with Crippen molar-refractivity contribution in [3.05, 3.63) is 28.7 Å². The maximum atomic E-state index is 11.6. The number of anilines is 1. The van der Waals surface area contributed by atoms with Gasteiger partial charge in [0.05, 0.1) is 6.10 Å². The van der Waals surface area contributed by atoms with E-state index < -0.39 is 0 Å². The van der Waals surface area contributed by atoms with Crippen LogP contribution in [0.2, 0.25) is 0 Å². The van der Waals surface area contributed by atoms with Gasteiger partial charge in [-0.1, -0.05) is 22.0 Å². The topological polar surface area (TPSA) is 64.3 Å². The minimum Gasteiger partial charge on any atom is -0.368 e. The third kappa shape index (κ3) is 3.80. The van der Waals surface area contributed by atoms with E-state index in [4.69, 9.17) is 10.5 Å². The lowest BCUT2D eigenvalue weighted by atomic mass is 9.90. The van der Waals surface area contributed by atoms with Crippen LogP contribution < -0.4 is 11.1 Å². The van der Waals surface area contributed by atoms with Crippen molar-refractivity contribution in [2.75, 3.05) is 11.9 Å². The molecule has 2 rings (SSSR count). The molecule has 0 aliphatic heterocycles. The van der Waals surface area contributed by atoms with E-state index in [9.17, 15) is 4.79 Å². The third-order valence-electron chi connectivity index (χ3n) is 2.69. The number of benzene rings is 1. The molecule has 1 aliphatic rings. The molecule has 1 aliphatic carbocycles. The van der Waals surface area contributed by atoms with Crippen LogP contribution >= 0.6 is 15.9 Å². The van der Waals surface area contributed by atoms with Gasteiger partial charge in [-0.05, 0) is 31.0 Å². The second kappa shape index (κ2) is 5.62. The normalized spacial score (nSPS) is 22.9. The van der Waals surface area contributed by atoms with E-state index in [0.29, 0.717) is 0 Å². The first-order chi connectivity index (χ1) is 8.13. The fourth-order valence-corrected chi connectivity index (χ4v) is 2.10. The summed E-state index contributed by atoms with van der Waals surface area (Å²) in [5.74, 6) is -0.136. The van der Waals surface area contributed by atoms with Crippen LogP contribution in [0.25, 0.3) is 0 Å². The van der Waals surface area contributed by atoms with Gasteiger partial charge in [0.15, 0.2) is 0 Å². The molecule has 0 heterocycles. The summed E-state index contributed by atoms with van der Waals surface area (Å²) in [5.41, 5.74) is 6.39. The predicted molar refractivity (Wildman–Crippen MR) is 69.7 cm³/mol. The molecular formula is C12H15BrN2O2. The van der Waals surface area contributed by atoms with Crippen LogP contribution in [0.3, 0.4) is 0 Å². The van der Waals surface area contributed by atoms with Crippen molar-refractivity contribution in [2.45, 2.75) is 25.0 Å². The number of nitrogens with one attached hydrogen (secondary N) is 1. The van der Waals surface area contributed by atoms with Gasteiger partial charge < -0.3 is 15.8 Å². The second-order valence-corrected chi connectivity index (χ2v) is 5.14. The van der Waals surface area contributed by atoms with E-state index in [1.54, 1.807) is 0 Å². The Kier molecular flexibility index (Phi) is 4.15. The zero-order valence-electron chi connectivity index (χ0n) is 9.36. The van der Waals surface area contributed by atoms with E-state index >= 15 is 0 Å². The Morgan fingerprint density at radius 1 is 1.53 bits per heavy atom. The molecule has 5 heteroatoms. The molecule has 4 nitrogen and oxygen atoms in total. The summed E-state index contributed by atoms with van der Waals surface area (Å²) in [6.07, 6.45) is 1.85. The summed E-state index contributed by atoms with van der Waals surface area (Å²) in [7, 11) is 0. The molecule has 1 fully saturated rings. The average Bonchev–Trinajstić information content (AvgIpc) is 2.23. The Hall–Kier alpha value is -0.910. The molecule has 0 unspecified atom stereocenters. The maximum Gasteiger partial charge on any atom is 0.250 e. The van der Waals surface area contributed by atoms with Crippen molar-refractivity contribution in [3.8, 4) is 0 Å². The second-order valence-electron chi connectivity index (χ2n) is 4.22. The lowest BCUT2D eigenvalue weighted by Crippen LogP contribution is -2.42. The first-order valence-electron chi connectivity index (χ1n) is 5.56. The molecule has 0 atom stereocenters. The van der Waals surface area contributed by atoms with Gasteiger partial charge >= 0.3 is 0 Å². The Labute approximate surface area is 109 Å². The Morgan fingerprint density at radius 2 is 2.29 bits per heavy atom. The van der Waals surface area contributed by atoms with Crippen LogP contribution in [0.5, 0.6) is 0 Å². The van der Waals surface area contributed by atoms with E-state index in [0.717, 1.165) is 23.0 Å². The third-order valence-corrected chi connectivity index (χ3v) is 3.18. The predicted octanol–water partition coefficient (Wildman–Crippen LogP) is 1.89. The average molecular weight is 299 g/mol. The molecule has 0 aromatic heterocycles. The van der Waals surface area contributed by atoms with Gasteiger partial charge in [-0.3, -0.25) is 4.79 Å². The number of rotatable bonds is 4. The summed E-state index contributed by atoms with van der Waals surface area (Å²) in [4.78, 5) is 11.6. The van der Waals surface area contributed by atoms with Gasteiger partial charge in [-0.15, -0.1) is 0 Å². The molecule has 0 radical (unpaired) electrons. The summed E-state index contributed by atoms with van der Waals surface area (Å²) in [5, 5.41) is 2.77. The molecule has 17 heavy (non-hydrogen) atoms. The van der Waals surface area contributed by atoms with Gasteiger partial charge in [-0.25, -0.2) is 0 Å². The number of carbonyl (C=O) groups excluding carboxylic acids is 1. The summed E-state index contributed by atoms with van der Waals surface area (Å²) >= 11 is 3.34. The molecule has 3 N–H and O–H groups in total. The van der Waals surface area contributed by atoms with Crippen LogP contribution in [-0.4, -0.2) is 24.7 Å². The van der Waals surface area contributed by atoms with Crippen LogP contribution in [0.15, 0.2) is 28.7 Å². The van der Waals surface area contributed by atoms with E-state index in [-0.39, 0.29) is 24.7 Å². The highest BCUT2D eigenvalue weighted by Gasteiger charge is 2.26. The molecule has 0 saturated heterocycles. The first-order valence-corrected chi connectivity index (χ1v) is 6.35. The van der Waals surface area contributed by atoms with E-state index in [1.165, 1.54) is 0 Å². The summed E-state index contributed by atoms with van der Waals surface area (Å²) in [6.45, 7) is 0.0872. The number of ether oxygens (including phenoxy) is 1. The van der Waals surface area contributed by atoms with Crippen molar-refractivity contribution >= 4 is 27.5 Å². The summed E-state index contributed by atoms with van der Waals surface area (Å²) < 4.78 is 6.34. The van der Waals surface area contributed by atoms with Gasteiger partial charge in [0.1, 0.15) is 6.61 Å². The van der Waals surface area contributed by atoms with E-state index in [2.05, 4.69) is 21.2 Å². The number of nitrogens with two attached hydrogens (primary N) is 1. The highest BCUT2D eigenvalue weighted by molar-refractivity contribution is 9.10. The van der Waals surface area contributed by atoms with Gasteiger partial charge in [0, 0.05) is 16.2 Å². The number of hydrogen-bond acceptors (Lipinski definition) is 3. The zero-order valence-corrected chi connectivity index (χ0v) is 10.9. The molecule has 1 aromatic rings. The van der Waals surface area contributed by atoms with Crippen molar-refractivity contribution in [2.24, 2.45) is 5.73 Å². The zero-order chi connectivity index (χ0) is 12.3. The first kappa shape index (κ1) is 12.5. The van der Waals surface area contributed by atoms with Crippen molar-refractivity contribution < 1.29 is 9.53 Å². The molecule has 1 amide bonds. The lowest BCUT2D eigenvalue weighted by Gasteiger charge is -2.31. The molecular weight excluding hydrogens is 284 g/mol. The standard InChI is InChI=1S/C12H15BrN2O2/c13-8-2-1-3-10(4-8)15-12(16)7-17-11-5-9(14)6-11/h1-4,9,11H,5-7,14H2,(H,15,16). The highest BCUT2D eigenvalue weighted by Crippen LogP contribution is 2.21. The maximum absolute atomic E-state index is 11.6. The Morgan fingerprint density at radius 3 is 2.94 bits per heavy atom. The summed E-state index contributed by atoms with van der Waals surface area (Å²) in [6, 6.07) is 7.69. The number of halogens is 1. The van der Waals surface area contributed by atoms with Crippen molar-refractivity contribution in [1.29, 1.82) is 0 Å². The Balaban J connectivity index is 1.73. The smallest absolute Gasteiger partial charge is 0.250 e. The highest BCUT2D eigenvalue weighted by atomic mass is 79.9. The largest absolute Gasteiger partial charge is 0.368 e. The van der Waals surface area contributed by atoms with Crippen LogP contribution in [0.1, 0.15) is 12.8 Å². The molecule has 1 saturated carbocycles. The SMILES string of the molecule is NC1CC(OCC(=O)Nc2cccc(Br)c2)C1. The molecule has 92 valence electrons. The lowest BCUT2D eigenvalue weighted by molar-refractivity contribution is -0.124. The van der Waals surface area contributed by atoms with Gasteiger partial charge in [0.2, 0.25) is 5.91 Å². The fourth-order valence-electron chi connectivity index (χ4n) is 1.70. The quantitative estimate of drug-likeness (QED) is 0.892. The van der Waals surface area contributed by atoms with Crippen molar-refractivity contribution in [3.63, 3.8) is 0 Å². The monoisotopic (exact) mass is 298 g/mol. The number of amides is 1. The molecule has 0 bridgehead atoms. The fraction of sp³-hybridized carbons (Fsp3) is 0.417. The molecule has 1 aromatic carbocycles. The van der Waals surface area contributed by atoms with Crippen LogP contribution in [0.4, 0.5) is 5.69 Å². The number of carbonyl (C=O) groups is 1. The Bertz CT molecular complexity index is 405. The minimum atomic E-state index is -0.136. The van der Waals surface area contributed by atoms with Crippen molar-refractivity contribution in [1.82, 2.24) is 0 Å². The van der Waals surface area contributed by atoms with Gasteiger partial charge in [-0.2, -0.15) is 0 Å². The van der Waals surface area contributed by atoms with Gasteiger partial charge in [0.25, 0.3) is 0 Å². The van der Waals surface area contributed by atoms with E-state index in [1.807, 2.05) is 24.3 Å². The number of hydrogen-bond donors (Lipinski definition) is 2. The molecule has 0 spiro atoms. The van der Waals surface area contributed by atoms with Crippen LogP contribution in [0, 0.1) is 0 Å². The minimum absolute atomic E-state index is 0.0872. The van der Waals surface area contributed by atoms with Crippen LogP contribution in [-0.2, 0) is 9.53 Å².